The number of rotatable bonds is 7. The number of carbonyl (C=O) groups excluding carboxylic acids is 1. The molecular formula is C13H18N2O3. The lowest BCUT2D eigenvalue weighted by Gasteiger charge is -2.11. The smallest absolute Gasteiger partial charge is 0.338 e. The fraction of sp³-hybridized carbons (Fsp3) is 0.385. The highest BCUT2D eigenvalue weighted by molar-refractivity contribution is 6.07. The van der Waals surface area contributed by atoms with Crippen molar-refractivity contribution < 1.29 is 14.7 Å². The summed E-state index contributed by atoms with van der Waals surface area (Å²) in [5, 5.41) is 12.2. The van der Waals surface area contributed by atoms with Crippen LogP contribution in [0.15, 0.2) is 18.2 Å². The molecule has 0 fully saturated rings. The summed E-state index contributed by atoms with van der Waals surface area (Å²) in [5.41, 5.74) is 5.58. The SMILES string of the molecule is CCCCCNc1cccc(C(N)=O)c1C(=O)O. The number of anilines is 1. The fourth-order valence-corrected chi connectivity index (χ4v) is 1.73. The summed E-state index contributed by atoms with van der Waals surface area (Å²) in [7, 11) is 0. The molecule has 1 amide bonds. The Labute approximate surface area is 106 Å². The first-order chi connectivity index (χ1) is 8.57. The maximum atomic E-state index is 11.2. The minimum Gasteiger partial charge on any atom is -0.478 e. The van der Waals surface area contributed by atoms with Gasteiger partial charge in [-0.15, -0.1) is 0 Å². The molecule has 0 atom stereocenters. The number of carboxylic acid groups (broad SMARTS) is 1. The molecule has 4 N–H and O–H groups in total. The Morgan fingerprint density at radius 3 is 2.61 bits per heavy atom. The first-order valence-electron chi connectivity index (χ1n) is 5.98. The van der Waals surface area contributed by atoms with Gasteiger partial charge in [0.05, 0.1) is 11.1 Å². The number of nitrogens with one attached hydrogen (secondary N) is 1. The number of carbonyl (C=O) groups is 2. The molecule has 0 aromatic heterocycles. The van der Waals surface area contributed by atoms with Gasteiger partial charge >= 0.3 is 5.97 Å². The highest BCUT2D eigenvalue weighted by Gasteiger charge is 2.18. The van der Waals surface area contributed by atoms with Crippen molar-refractivity contribution in [3.8, 4) is 0 Å². The molecule has 0 aliphatic rings. The normalized spacial score (nSPS) is 10.1. The van der Waals surface area contributed by atoms with E-state index in [9.17, 15) is 9.59 Å². The molecule has 0 spiro atoms. The number of amides is 1. The Morgan fingerprint density at radius 2 is 2.06 bits per heavy atom. The second-order valence-electron chi connectivity index (χ2n) is 4.03. The lowest BCUT2D eigenvalue weighted by molar-refractivity contribution is 0.0693. The van der Waals surface area contributed by atoms with Crippen LogP contribution in [0, 0.1) is 0 Å². The van der Waals surface area contributed by atoms with Gasteiger partial charge in [0.1, 0.15) is 0 Å². The van der Waals surface area contributed by atoms with Gasteiger partial charge in [-0.25, -0.2) is 4.79 Å². The van der Waals surface area contributed by atoms with Crippen molar-refractivity contribution in [2.24, 2.45) is 5.73 Å². The van der Waals surface area contributed by atoms with E-state index in [2.05, 4.69) is 12.2 Å². The molecule has 5 heteroatoms. The molecule has 0 unspecified atom stereocenters. The van der Waals surface area contributed by atoms with Crippen molar-refractivity contribution in [2.45, 2.75) is 26.2 Å². The van der Waals surface area contributed by atoms with Gasteiger partial charge in [0.25, 0.3) is 0 Å². The summed E-state index contributed by atoms with van der Waals surface area (Å²) >= 11 is 0. The van der Waals surface area contributed by atoms with Gasteiger partial charge in [-0.3, -0.25) is 4.79 Å². The lowest BCUT2D eigenvalue weighted by atomic mass is 10.0. The van der Waals surface area contributed by atoms with Gasteiger partial charge in [-0.05, 0) is 18.6 Å². The van der Waals surface area contributed by atoms with E-state index in [4.69, 9.17) is 10.8 Å². The monoisotopic (exact) mass is 250 g/mol. The van der Waals surface area contributed by atoms with Crippen LogP contribution in [0.5, 0.6) is 0 Å². The van der Waals surface area contributed by atoms with Crippen LogP contribution < -0.4 is 11.1 Å². The molecule has 98 valence electrons. The lowest BCUT2D eigenvalue weighted by Crippen LogP contribution is -2.18. The van der Waals surface area contributed by atoms with E-state index in [0.717, 1.165) is 19.3 Å². The highest BCUT2D eigenvalue weighted by atomic mass is 16.4. The number of hydrogen-bond donors (Lipinski definition) is 3. The molecule has 18 heavy (non-hydrogen) atoms. The maximum Gasteiger partial charge on any atom is 0.338 e. The first-order valence-corrected chi connectivity index (χ1v) is 5.98. The Bertz CT molecular complexity index is 444. The van der Waals surface area contributed by atoms with E-state index in [1.165, 1.54) is 6.07 Å². The summed E-state index contributed by atoms with van der Waals surface area (Å²) in [6.07, 6.45) is 3.12. The van der Waals surface area contributed by atoms with Crippen molar-refractivity contribution in [3.05, 3.63) is 29.3 Å². The third-order valence-corrected chi connectivity index (χ3v) is 2.64. The van der Waals surface area contributed by atoms with E-state index in [1.54, 1.807) is 12.1 Å². The van der Waals surface area contributed by atoms with Crippen LogP contribution in [0.4, 0.5) is 5.69 Å². The number of primary amides is 1. The highest BCUT2D eigenvalue weighted by Crippen LogP contribution is 2.20. The first kappa shape index (κ1) is 14.0. The van der Waals surface area contributed by atoms with Gasteiger partial charge in [-0.1, -0.05) is 25.8 Å². The van der Waals surface area contributed by atoms with Crippen molar-refractivity contribution in [1.82, 2.24) is 0 Å². The molecule has 1 aromatic carbocycles. The summed E-state index contributed by atoms with van der Waals surface area (Å²) in [6.45, 7) is 2.77. The van der Waals surface area contributed by atoms with Crippen molar-refractivity contribution in [2.75, 3.05) is 11.9 Å². The quantitative estimate of drug-likeness (QED) is 0.646. The number of nitrogens with two attached hydrogens (primary N) is 1. The fourth-order valence-electron chi connectivity index (χ4n) is 1.73. The molecule has 0 heterocycles. The van der Waals surface area contributed by atoms with Crippen molar-refractivity contribution in [1.29, 1.82) is 0 Å². The zero-order valence-corrected chi connectivity index (χ0v) is 10.4. The minimum atomic E-state index is -1.15. The Hall–Kier alpha value is -2.04. The third-order valence-electron chi connectivity index (χ3n) is 2.64. The van der Waals surface area contributed by atoms with Crippen LogP contribution in [0.1, 0.15) is 46.9 Å². The van der Waals surface area contributed by atoms with Crippen LogP contribution in [-0.2, 0) is 0 Å². The van der Waals surface area contributed by atoms with Crippen LogP contribution in [0.2, 0.25) is 0 Å². The number of unbranched alkanes of at least 4 members (excludes halogenated alkanes) is 2. The van der Waals surface area contributed by atoms with E-state index >= 15 is 0 Å². The molecule has 0 aliphatic heterocycles. The molecule has 0 saturated heterocycles. The number of benzene rings is 1. The van der Waals surface area contributed by atoms with Crippen molar-refractivity contribution >= 4 is 17.6 Å². The summed E-state index contributed by atoms with van der Waals surface area (Å²) < 4.78 is 0. The van der Waals surface area contributed by atoms with Crippen LogP contribution in [0.3, 0.4) is 0 Å². The van der Waals surface area contributed by atoms with Gasteiger partial charge in [-0.2, -0.15) is 0 Å². The zero-order chi connectivity index (χ0) is 13.5. The Morgan fingerprint density at radius 1 is 1.33 bits per heavy atom. The summed E-state index contributed by atoms with van der Waals surface area (Å²) in [5.74, 6) is -1.88. The second-order valence-corrected chi connectivity index (χ2v) is 4.03. The van der Waals surface area contributed by atoms with E-state index < -0.39 is 11.9 Å². The average Bonchev–Trinajstić information content (AvgIpc) is 2.33. The van der Waals surface area contributed by atoms with Crippen LogP contribution >= 0.6 is 0 Å². The molecule has 1 aromatic rings. The predicted octanol–water partition coefficient (Wildman–Crippen LogP) is 2.09. The second kappa shape index (κ2) is 6.64. The number of carboxylic acids is 1. The largest absolute Gasteiger partial charge is 0.478 e. The molecule has 0 aliphatic carbocycles. The summed E-state index contributed by atoms with van der Waals surface area (Å²) in [6, 6.07) is 4.68. The molecular weight excluding hydrogens is 232 g/mol. The molecule has 5 nitrogen and oxygen atoms in total. The van der Waals surface area contributed by atoms with Gasteiger partial charge in [0, 0.05) is 12.2 Å². The third kappa shape index (κ3) is 3.48. The molecule has 0 saturated carbocycles. The van der Waals surface area contributed by atoms with Crippen LogP contribution in [-0.4, -0.2) is 23.5 Å². The molecule has 0 radical (unpaired) electrons. The van der Waals surface area contributed by atoms with E-state index in [1.807, 2.05) is 0 Å². The van der Waals surface area contributed by atoms with Gasteiger partial charge in [0.15, 0.2) is 0 Å². The van der Waals surface area contributed by atoms with E-state index in [-0.39, 0.29) is 11.1 Å². The Kier molecular flexibility index (Phi) is 5.17. The maximum absolute atomic E-state index is 11.2. The zero-order valence-electron chi connectivity index (χ0n) is 10.4. The van der Waals surface area contributed by atoms with Crippen molar-refractivity contribution in [3.63, 3.8) is 0 Å². The van der Waals surface area contributed by atoms with Gasteiger partial charge in [0.2, 0.25) is 5.91 Å². The Balaban J connectivity index is 2.93. The standard InChI is InChI=1S/C13H18N2O3/c1-2-3-4-8-15-10-7-5-6-9(12(14)16)11(10)13(17)18/h5-7,15H,2-4,8H2,1H3,(H2,14,16)(H,17,18). The number of hydrogen-bond acceptors (Lipinski definition) is 3. The number of aromatic carboxylic acids is 1. The molecule has 0 bridgehead atoms. The summed E-state index contributed by atoms with van der Waals surface area (Å²) in [4.78, 5) is 22.4. The van der Waals surface area contributed by atoms with Gasteiger partial charge < -0.3 is 16.2 Å². The van der Waals surface area contributed by atoms with E-state index in [0.29, 0.717) is 12.2 Å². The van der Waals surface area contributed by atoms with Crippen LogP contribution in [0.25, 0.3) is 0 Å². The topological polar surface area (TPSA) is 92.4 Å². The average molecular weight is 250 g/mol. The minimum absolute atomic E-state index is 0.0305. The molecule has 1 rings (SSSR count). The predicted molar refractivity (Wildman–Crippen MR) is 69.9 cm³/mol.